The molecule has 0 spiro atoms. The average molecular weight is 437 g/mol. The minimum absolute atomic E-state index is 0.139. The molecule has 0 N–H and O–H groups in total. The molecule has 0 aromatic heterocycles. The highest BCUT2D eigenvalue weighted by Crippen LogP contribution is 2.36. The third kappa shape index (κ3) is 4.25. The van der Waals surface area contributed by atoms with Gasteiger partial charge in [0, 0.05) is 22.7 Å². The van der Waals surface area contributed by atoms with Gasteiger partial charge in [0.15, 0.2) is 5.76 Å². The summed E-state index contributed by atoms with van der Waals surface area (Å²) in [5.74, 6) is 1.06. The molecule has 0 amide bonds. The molecule has 0 atom stereocenters. The zero-order valence-electron chi connectivity index (χ0n) is 16.7. The fraction of sp³-hybridized carbons (Fsp3) is 0.0833. The Balaban J connectivity index is 1.56. The smallest absolute Gasteiger partial charge is 0.343 e. The fourth-order valence-corrected chi connectivity index (χ4v) is 3.19. The highest BCUT2D eigenvalue weighted by molar-refractivity contribution is 6.30. The van der Waals surface area contributed by atoms with Gasteiger partial charge in [0.05, 0.1) is 25.3 Å². The van der Waals surface area contributed by atoms with Crippen LogP contribution in [0.5, 0.6) is 23.0 Å². The molecule has 0 unspecified atom stereocenters. The van der Waals surface area contributed by atoms with Gasteiger partial charge in [-0.1, -0.05) is 11.6 Å². The number of carbonyl (C=O) groups is 2. The predicted octanol–water partition coefficient (Wildman–Crippen LogP) is 5.19. The molecule has 0 bridgehead atoms. The first-order valence-electron chi connectivity index (χ1n) is 9.26. The molecule has 3 aromatic carbocycles. The number of fused-ring (bicyclic) bond motifs is 1. The van der Waals surface area contributed by atoms with Crippen molar-refractivity contribution in [1.29, 1.82) is 0 Å². The zero-order valence-corrected chi connectivity index (χ0v) is 17.4. The number of Topliss-reactive ketones (excluding diaryl/α,β-unsaturated/α-hetero) is 1. The van der Waals surface area contributed by atoms with E-state index in [4.69, 9.17) is 30.5 Å². The third-order valence-electron chi connectivity index (χ3n) is 4.66. The average Bonchev–Trinajstić information content (AvgIpc) is 3.09. The molecular formula is C24H17ClO6. The Labute approximate surface area is 183 Å². The maximum Gasteiger partial charge on any atom is 0.343 e. The third-order valence-corrected chi connectivity index (χ3v) is 4.91. The van der Waals surface area contributed by atoms with Crippen molar-refractivity contribution < 1.29 is 28.5 Å². The van der Waals surface area contributed by atoms with Crippen molar-refractivity contribution in [3.8, 4) is 23.0 Å². The van der Waals surface area contributed by atoms with Gasteiger partial charge in [-0.05, 0) is 54.6 Å². The van der Waals surface area contributed by atoms with Gasteiger partial charge in [0.2, 0.25) is 5.78 Å². The minimum atomic E-state index is -0.542. The van der Waals surface area contributed by atoms with Crippen LogP contribution >= 0.6 is 11.6 Å². The summed E-state index contributed by atoms with van der Waals surface area (Å²) < 4.78 is 21.7. The quantitative estimate of drug-likeness (QED) is 0.311. The normalized spacial score (nSPS) is 13.5. The molecule has 7 heteroatoms. The number of hydrogen-bond acceptors (Lipinski definition) is 6. The molecule has 31 heavy (non-hydrogen) atoms. The van der Waals surface area contributed by atoms with E-state index >= 15 is 0 Å². The molecule has 1 aliphatic heterocycles. The van der Waals surface area contributed by atoms with Gasteiger partial charge in [0.1, 0.15) is 23.0 Å². The van der Waals surface area contributed by atoms with Crippen LogP contribution < -0.4 is 18.9 Å². The number of benzene rings is 3. The second-order valence-corrected chi connectivity index (χ2v) is 7.04. The van der Waals surface area contributed by atoms with Gasteiger partial charge in [0.25, 0.3) is 0 Å². The number of carbonyl (C=O) groups excluding carboxylic acids is 2. The summed E-state index contributed by atoms with van der Waals surface area (Å²) in [6, 6.07) is 16.2. The highest BCUT2D eigenvalue weighted by Gasteiger charge is 2.28. The topological polar surface area (TPSA) is 71.1 Å². The maximum absolute atomic E-state index is 12.7. The number of rotatable bonds is 5. The molecule has 1 heterocycles. The Bertz CT molecular complexity index is 1200. The Morgan fingerprint density at radius 1 is 0.935 bits per heavy atom. The van der Waals surface area contributed by atoms with Crippen molar-refractivity contribution in [2.45, 2.75) is 0 Å². The van der Waals surface area contributed by atoms with Crippen molar-refractivity contribution in [3.05, 3.63) is 88.1 Å². The van der Waals surface area contributed by atoms with E-state index in [1.54, 1.807) is 67.8 Å². The Kier molecular flexibility index (Phi) is 5.64. The number of allylic oxidation sites excluding steroid dienone is 1. The number of ketones is 1. The largest absolute Gasteiger partial charge is 0.497 e. The fourth-order valence-electron chi connectivity index (χ4n) is 3.06. The molecule has 0 saturated carbocycles. The number of hydrogen-bond donors (Lipinski definition) is 0. The molecule has 0 saturated heterocycles. The Morgan fingerprint density at radius 2 is 1.68 bits per heavy atom. The summed E-state index contributed by atoms with van der Waals surface area (Å²) in [5.41, 5.74) is 1.40. The lowest BCUT2D eigenvalue weighted by molar-refractivity contribution is 0.0734. The molecule has 6 nitrogen and oxygen atoms in total. The van der Waals surface area contributed by atoms with Gasteiger partial charge in [-0.2, -0.15) is 0 Å². The van der Waals surface area contributed by atoms with E-state index in [1.807, 2.05) is 0 Å². The van der Waals surface area contributed by atoms with E-state index in [2.05, 4.69) is 0 Å². The van der Waals surface area contributed by atoms with Crippen LogP contribution in [0.25, 0.3) is 6.08 Å². The lowest BCUT2D eigenvalue weighted by atomic mass is 10.1. The first-order chi connectivity index (χ1) is 15.0. The summed E-state index contributed by atoms with van der Waals surface area (Å²) in [6.07, 6.45) is 1.60. The summed E-state index contributed by atoms with van der Waals surface area (Å²) in [7, 11) is 3.09. The first kappa shape index (κ1) is 20.5. The number of methoxy groups -OCH3 is 2. The van der Waals surface area contributed by atoms with Gasteiger partial charge < -0.3 is 18.9 Å². The number of halogens is 1. The Morgan fingerprint density at radius 3 is 2.39 bits per heavy atom. The number of ether oxygens (including phenoxy) is 4. The highest BCUT2D eigenvalue weighted by atomic mass is 35.5. The van der Waals surface area contributed by atoms with Crippen LogP contribution in [0.1, 0.15) is 26.3 Å². The van der Waals surface area contributed by atoms with Crippen molar-refractivity contribution in [2.24, 2.45) is 0 Å². The SMILES string of the molecule is COc1ccc(/C=C2\Oc3cc(OC(=O)c4ccc(Cl)cc4)ccc3C2=O)c(OC)c1. The minimum Gasteiger partial charge on any atom is -0.497 e. The molecule has 0 radical (unpaired) electrons. The summed E-state index contributed by atoms with van der Waals surface area (Å²) in [5, 5.41) is 0.522. The van der Waals surface area contributed by atoms with Crippen LogP contribution in [-0.2, 0) is 0 Å². The second-order valence-electron chi connectivity index (χ2n) is 6.60. The van der Waals surface area contributed by atoms with Crippen molar-refractivity contribution >= 4 is 29.4 Å². The molecule has 0 fully saturated rings. The molecule has 156 valence electrons. The van der Waals surface area contributed by atoms with Crippen molar-refractivity contribution in [1.82, 2.24) is 0 Å². The van der Waals surface area contributed by atoms with Crippen LogP contribution in [0.15, 0.2) is 66.4 Å². The van der Waals surface area contributed by atoms with Gasteiger partial charge in [-0.15, -0.1) is 0 Å². The summed E-state index contributed by atoms with van der Waals surface area (Å²) in [6.45, 7) is 0. The van der Waals surface area contributed by atoms with Crippen LogP contribution in [0, 0.1) is 0 Å². The first-order valence-corrected chi connectivity index (χ1v) is 9.64. The van der Waals surface area contributed by atoms with E-state index in [9.17, 15) is 9.59 Å². The van der Waals surface area contributed by atoms with Crippen molar-refractivity contribution in [2.75, 3.05) is 14.2 Å². The van der Waals surface area contributed by atoms with Gasteiger partial charge in [-0.25, -0.2) is 4.79 Å². The van der Waals surface area contributed by atoms with E-state index in [-0.39, 0.29) is 17.3 Å². The second kappa shape index (κ2) is 8.53. The summed E-state index contributed by atoms with van der Waals surface area (Å²) >= 11 is 5.84. The molecule has 4 rings (SSSR count). The Hall–Kier alpha value is -3.77. The standard InChI is InChI=1S/C24H17ClO6/c1-28-17-8-5-15(20(12-17)29-2)11-22-23(26)19-10-9-18(13-21(19)31-22)30-24(27)14-3-6-16(25)7-4-14/h3-13H,1-2H3/b22-11-. The monoisotopic (exact) mass is 436 g/mol. The zero-order chi connectivity index (χ0) is 22.0. The van der Waals surface area contributed by atoms with Crippen LogP contribution in [0.3, 0.4) is 0 Å². The van der Waals surface area contributed by atoms with Crippen LogP contribution in [0.4, 0.5) is 0 Å². The number of esters is 1. The molecule has 1 aliphatic rings. The van der Waals surface area contributed by atoms with Crippen molar-refractivity contribution in [3.63, 3.8) is 0 Å². The van der Waals surface area contributed by atoms with E-state index in [0.717, 1.165) is 0 Å². The maximum atomic E-state index is 12.7. The summed E-state index contributed by atoms with van der Waals surface area (Å²) in [4.78, 5) is 25.0. The van der Waals surface area contributed by atoms with E-state index in [0.29, 0.717) is 39.0 Å². The molecular weight excluding hydrogens is 420 g/mol. The van der Waals surface area contributed by atoms with Crippen LogP contribution in [0.2, 0.25) is 5.02 Å². The van der Waals surface area contributed by atoms with Gasteiger partial charge in [-0.3, -0.25) is 4.79 Å². The predicted molar refractivity (Wildman–Crippen MR) is 115 cm³/mol. The van der Waals surface area contributed by atoms with E-state index < -0.39 is 5.97 Å². The lowest BCUT2D eigenvalue weighted by Crippen LogP contribution is -2.08. The van der Waals surface area contributed by atoms with Gasteiger partial charge >= 0.3 is 5.97 Å². The molecule has 0 aliphatic carbocycles. The lowest BCUT2D eigenvalue weighted by Gasteiger charge is -2.08. The van der Waals surface area contributed by atoms with E-state index in [1.165, 1.54) is 13.2 Å². The van der Waals surface area contributed by atoms with Crippen LogP contribution in [-0.4, -0.2) is 26.0 Å². The molecule has 3 aromatic rings.